The Morgan fingerprint density at radius 1 is 1.20 bits per heavy atom. The minimum atomic E-state index is -3.34. The first-order valence-electron chi connectivity index (χ1n) is 7.97. The van der Waals surface area contributed by atoms with Crippen LogP contribution in [0.25, 0.3) is 0 Å². The van der Waals surface area contributed by atoms with Crippen molar-refractivity contribution in [2.45, 2.75) is 13.3 Å². The molecule has 1 N–H and O–H groups in total. The van der Waals surface area contributed by atoms with Crippen LogP contribution >= 0.6 is 0 Å². The standard InChI is InChI=1S/C18H20N2O4S/c1-13-5-3-6-14(11-13)18(21)19-15-7-8-17(24-2)16(12-15)20-9-4-10-25(20,22)23/h3,5-8,11-12H,4,9-10H2,1-2H3,(H,19,21). The number of rotatable bonds is 4. The van der Waals surface area contributed by atoms with Crippen molar-refractivity contribution in [1.82, 2.24) is 0 Å². The van der Waals surface area contributed by atoms with E-state index in [9.17, 15) is 13.2 Å². The largest absolute Gasteiger partial charge is 0.495 e. The summed E-state index contributed by atoms with van der Waals surface area (Å²) in [4.78, 5) is 12.4. The van der Waals surface area contributed by atoms with Gasteiger partial charge in [0.2, 0.25) is 10.0 Å². The molecule has 2 aromatic rings. The maximum Gasteiger partial charge on any atom is 0.255 e. The zero-order chi connectivity index (χ0) is 18.0. The van der Waals surface area contributed by atoms with Crippen LogP contribution in [0.4, 0.5) is 11.4 Å². The highest BCUT2D eigenvalue weighted by atomic mass is 32.2. The lowest BCUT2D eigenvalue weighted by molar-refractivity contribution is 0.102. The number of sulfonamides is 1. The Morgan fingerprint density at radius 2 is 2.00 bits per heavy atom. The first-order chi connectivity index (χ1) is 11.9. The first-order valence-corrected chi connectivity index (χ1v) is 9.58. The van der Waals surface area contributed by atoms with Crippen LogP contribution in [-0.4, -0.2) is 33.7 Å². The molecule has 0 aromatic heterocycles. The SMILES string of the molecule is COc1ccc(NC(=O)c2cccc(C)c2)cc1N1CCCS1(=O)=O. The maximum atomic E-state index is 12.4. The summed E-state index contributed by atoms with van der Waals surface area (Å²) in [5, 5.41) is 2.81. The van der Waals surface area contributed by atoms with E-state index >= 15 is 0 Å². The predicted molar refractivity (Wildman–Crippen MR) is 97.9 cm³/mol. The normalized spacial score (nSPS) is 15.8. The number of benzene rings is 2. The first kappa shape index (κ1) is 17.3. The molecule has 0 unspecified atom stereocenters. The summed E-state index contributed by atoms with van der Waals surface area (Å²) in [7, 11) is -1.84. The summed E-state index contributed by atoms with van der Waals surface area (Å²) in [6.07, 6.45) is 0.575. The van der Waals surface area contributed by atoms with E-state index in [1.54, 1.807) is 30.3 Å². The molecule has 25 heavy (non-hydrogen) atoms. The third kappa shape index (κ3) is 3.61. The second-order valence-electron chi connectivity index (χ2n) is 5.95. The van der Waals surface area contributed by atoms with Gasteiger partial charge in [-0.25, -0.2) is 8.42 Å². The molecule has 1 aliphatic heterocycles. The average Bonchev–Trinajstić information content (AvgIpc) is 2.94. The molecule has 0 atom stereocenters. The number of hydrogen-bond acceptors (Lipinski definition) is 4. The van der Waals surface area contributed by atoms with Gasteiger partial charge < -0.3 is 10.1 Å². The molecule has 3 rings (SSSR count). The van der Waals surface area contributed by atoms with Gasteiger partial charge in [0, 0.05) is 17.8 Å². The van der Waals surface area contributed by atoms with Gasteiger partial charge in [0.05, 0.1) is 18.6 Å². The lowest BCUT2D eigenvalue weighted by Crippen LogP contribution is -2.25. The summed E-state index contributed by atoms with van der Waals surface area (Å²) >= 11 is 0. The van der Waals surface area contributed by atoms with Gasteiger partial charge in [-0.2, -0.15) is 0 Å². The molecule has 7 heteroatoms. The van der Waals surface area contributed by atoms with Crippen molar-refractivity contribution in [1.29, 1.82) is 0 Å². The highest BCUT2D eigenvalue weighted by molar-refractivity contribution is 7.93. The monoisotopic (exact) mass is 360 g/mol. The van der Waals surface area contributed by atoms with Gasteiger partial charge in [-0.1, -0.05) is 17.7 Å². The van der Waals surface area contributed by atoms with Crippen molar-refractivity contribution in [3.05, 3.63) is 53.6 Å². The van der Waals surface area contributed by atoms with E-state index in [2.05, 4.69) is 5.32 Å². The Balaban J connectivity index is 1.91. The molecule has 2 aromatic carbocycles. The van der Waals surface area contributed by atoms with Crippen molar-refractivity contribution in [3.63, 3.8) is 0 Å². The van der Waals surface area contributed by atoms with E-state index < -0.39 is 10.0 Å². The molecule has 0 aliphatic carbocycles. The molecule has 132 valence electrons. The number of ether oxygens (including phenoxy) is 1. The fraction of sp³-hybridized carbons (Fsp3) is 0.278. The Morgan fingerprint density at radius 3 is 2.64 bits per heavy atom. The summed E-state index contributed by atoms with van der Waals surface area (Å²) in [5.41, 5.74) is 2.50. The number of hydrogen-bond donors (Lipinski definition) is 1. The van der Waals surface area contributed by atoms with E-state index in [1.165, 1.54) is 11.4 Å². The Hall–Kier alpha value is -2.54. The van der Waals surface area contributed by atoms with Crippen molar-refractivity contribution < 1.29 is 17.9 Å². The van der Waals surface area contributed by atoms with Crippen LogP contribution in [0.1, 0.15) is 22.3 Å². The van der Waals surface area contributed by atoms with Gasteiger partial charge in [-0.15, -0.1) is 0 Å². The van der Waals surface area contributed by atoms with E-state index in [4.69, 9.17) is 4.74 Å². The fourth-order valence-corrected chi connectivity index (χ4v) is 4.43. The number of anilines is 2. The minimum Gasteiger partial charge on any atom is -0.495 e. The second kappa shape index (κ2) is 6.76. The number of amides is 1. The van der Waals surface area contributed by atoms with Crippen molar-refractivity contribution in [3.8, 4) is 5.75 Å². The number of nitrogens with one attached hydrogen (secondary N) is 1. The molecule has 0 bridgehead atoms. The molecule has 1 amide bonds. The van der Waals surface area contributed by atoms with Gasteiger partial charge in [0.25, 0.3) is 5.91 Å². The topological polar surface area (TPSA) is 75.7 Å². The smallest absolute Gasteiger partial charge is 0.255 e. The van der Waals surface area contributed by atoms with E-state index in [1.807, 2.05) is 19.1 Å². The van der Waals surface area contributed by atoms with Gasteiger partial charge in [-0.05, 0) is 43.7 Å². The summed E-state index contributed by atoms with van der Waals surface area (Å²) in [5.74, 6) is 0.332. The molecule has 6 nitrogen and oxygen atoms in total. The molecule has 1 aliphatic rings. The minimum absolute atomic E-state index is 0.121. The highest BCUT2D eigenvalue weighted by Gasteiger charge is 2.30. The van der Waals surface area contributed by atoms with Gasteiger partial charge in [0.15, 0.2) is 0 Å². The maximum absolute atomic E-state index is 12.4. The van der Waals surface area contributed by atoms with Crippen LogP contribution < -0.4 is 14.4 Å². The van der Waals surface area contributed by atoms with Crippen LogP contribution in [0.2, 0.25) is 0 Å². The molecular formula is C18H20N2O4S. The molecule has 0 radical (unpaired) electrons. The zero-order valence-corrected chi connectivity index (χ0v) is 15.0. The van der Waals surface area contributed by atoms with Crippen molar-refractivity contribution >= 4 is 27.3 Å². The van der Waals surface area contributed by atoms with Gasteiger partial charge in [-0.3, -0.25) is 9.10 Å². The third-order valence-corrected chi connectivity index (χ3v) is 5.94. The number of carbonyl (C=O) groups excluding carboxylic acids is 1. The molecule has 1 saturated heterocycles. The molecule has 1 fully saturated rings. The van der Waals surface area contributed by atoms with E-state index in [0.717, 1.165) is 5.56 Å². The number of methoxy groups -OCH3 is 1. The number of aryl methyl sites for hydroxylation is 1. The fourth-order valence-electron chi connectivity index (χ4n) is 2.86. The predicted octanol–water partition coefficient (Wildman–Crippen LogP) is 2.80. The zero-order valence-electron chi connectivity index (χ0n) is 14.2. The van der Waals surface area contributed by atoms with Crippen LogP contribution in [0.15, 0.2) is 42.5 Å². The lowest BCUT2D eigenvalue weighted by Gasteiger charge is -2.20. The lowest BCUT2D eigenvalue weighted by atomic mass is 10.1. The van der Waals surface area contributed by atoms with Crippen molar-refractivity contribution in [2.75, 3.05) is 29.0 Å². The highest BCUT2D eigenvalue weighted by Crippen LogP contribution is 2.35. The molecule has 0 spiro atoms. The molecule has 0 saturated carbocycles. The van der Waals surface area contributed by atoms with Crippen LogP contribution in [0, 0.1) is 6.92 Å². The van der Waals surface area contributed by atoms with Gasteiger partial charge in [0.1, 0.15) is 5.75 Å². The summed E-state index contributed by atoms with van der Waals surface area (Å²) < 4.78 is 31.0. The Kier molecular flexibility index (Phi) is 4.67. The van der Waals surface area contributed by atoms with Crippen LogP contribution in [0.5, 0.6) is 5.75 Å². The van der Waals surface area contributed by atoms with Crippen molar-refractivity contribution in [2.24, 2.45) is 0 Å². The van der Waals surface area contributed by atoms with Crippen LogP contribution in [0.3, 0.4) is 0 Å². The number of carbonyl (C=O) groups is 1. The summed E-state index contributed by atoms with van der Waals surface area (Å²) in [6, 6.07) is 12.3. The summed E-state index contributed by atoms with van der Waals surface area (Å²) in [6.45, 7) is 2.33. The number of nitrogens with zero attached hydrogens (tertiary/aromatic N) is 1. The van der Waals surface area contributed by atoms with Gasteiger partial charge >= 0.3 is 0 Å². The van der Waals surface area contributed by atoms with E-state index in [0.29, 0.717) is 35.7 Å². The molecular weight excluding hydrogens is 340 g/mol. The second-order valence-corrected chi connectivity index (χ2v) is 7.96. The van der Waals surface area contributed by atoms with Crippen LogP contribution in [-0.2, 0) is 10.0 Å². The third-order valence-electron chi connectivity index (χ3n) is 4.08. The molecule has 1 heterocycles. The quantitative estimate of drug-likeness (QED) is 0.910. The average molecular weight is 360 g/mol. The van der Waals surface area contributed by atoms with E-state index in [-0.39, 0.29) is 11.7 Å². The Labute approximate surface area is 147 Å². The Bertz CT molecular complexity index is 909.